The second kappa shape index (κ2) is 11.1. The molecule has 0 aliphatic heterocycles. The molecular weight excluding hydrogens is 276 g/mol. The molecule has 0 bridgehead atoms. The zero-order chi connectivity index (χ0) is 16.2. The number of ether oxygens (including phenoxy) is 2. The molecule has 0 saturated carbocycles. The van der Waals surface area contributed by atoms with Gasteiger partial charge in [0.25, 0.3) is 0 Å². The van der Waals surface area contributed by atoms with E-state index in [0.29, 0.717) is 12.4 Å². The number of rotatable bonds is 10. The first-order valence-electron chi connectivity index (χ1n) is 8.68. The third-order valence-corrected chi connectivity index (χ3v) is 3.88. The number of benzene rings is 1. The number of carbonyl (C=O) groups is 1. The summed E-state index contributed by atoms with van der Waals surface area (Å²) in [6.07, 6.45) is 8.24. The summed E-state index contributed by atoms with van der Waals surface area (Å²) in [6, 6.07) is 5.84. The van der Waals surface area contributed by atoms with Gasteiger partial charge in [-0.25, -0.2) is 4.79 Å². The van der Waals surface area contributed by atoms with Gasteiger partial charge < -0.3 is 9.47 Å². The van der Waals surface area contributed by atoms with Crippen LogP contribution in [0.25, 0.3) is 0 Å². The van der Waals surface area contributed by atoms with E-state index >= 15 is 0 Å². The van der Waals surface area contributed by atoms with Crippen molar-refractivity contribution >= 4 is 6.16 Å². The fourth-order valence-electron chi connectivity index (χ4n) is 2.60. The Morgan fingerprint density at radius 2 is 1.68 bits per heavy atom. The maximum absolute atomic E-state index is 11.8. The molecule has 1 aromatic rings. The van der Waals surface area contributed by atoms with Crippen LogP contribution in [0.5, 0.6) is 5.75 Å². The Hall–Kier alpha value is -1.51. The van der Waals surface area contributed by atoms with Crippen LogP contribution < -0.4 is 4.74 Å². The SMILES string of the molecule is CCCCCCCCOC(=O)Oc1cccc(CC)c1CC. The van der Waals surface area contributed by atoms with Crippen LogP contribution in [0.15, 0.2) is 18.2 Å². The van der Waals surface area contributed by atoms with Crippen LogP contribution in [-0.4, -0.2) is 12.8 Å². The van der Waals surface area contributed by atoms with Crippen LogP contribution in [0.3, 0.4) is 0 Å². The van der Waals surface area contributed by atoms with E-state index in [1.165, 1.54) is 31.2 Å². The first-order chi connectivity index (χ1) is 10.7. The molecule has 0 fully saturated rings. The lowest BCUT2D eigenvalue weighted by molar-refractivity contribution is 0.0969. The highest BCUT2D eigenvalue weighted by Crippen LogP contribution is 2.24. The van der Waals surface area contributed by atoms with E-state index < -0.39 is 6.16 Å². The lowest BCUT2D eigenvalue weighted by Gasteiger charge is -2.12. The van der Waals surface area contributed by atoms with Crippen molar-refractivity contribution in [2.75, 3.05) is 6.61 Å². The summed E-state index contributed by atoms with van der Waals surface area (Å²) in [6.45, 7) is 6.83. The molecule has 0 spiro atoms. The number of carbonyl (C=O) groups excluding carboxylic acids is 1. The highest BCUT2D eigenvalue weighted by atomic mass is 16.7. The van der Waals surface area contributed by atoms with Gasteiger partial charge in [0.15, 0.2) is 0 Å². The molecule has 22 heavy (non-hydrogen) atoms. The lowest BCUT2D eigenvalue weighted by Crippen LogP contribution is -2.13. The maximum Gasteiger partial charge on any atom is 0.513 e. The highest BCUT2D eigenvalue weighted by Gasteiger charge is 2.11. The Bertz CT molecular complexity index is 440. The summed E-state index contributed by atoms with van der Waals surface area (Å²) in [5.74, 6) is 0.634. The standard InChI is InChI=1S/C19H30O3/c1-4-7-8-9-10-11-15-21-19(20)22-18-14-12-13-16(5-2)17(18)6-3/h12-14H,4-11,15H2,1-3H3. The molecule has 0 radical (unpaired) electrons. The van der Waals surface area contributed by atoms with Crippen LogP contribution in [0.2, 0.25) is 0 Å². The molecule has 0 N–H and O–H groups in total. The van der Waals surface area contributed by atoms with Crippen LogP contribution in [0.1, 0.15) is 70.4 Å². The van der Waals surface area contributed by atoms with Gasteiger partial charge in [-0.05, 0) is 36.5 Å². The monoisotopic (exact) mass is 306 g/mol. The van der Waals surface area contributed by atoms with E-state index in [4.69, 9.17) is 9.47 Å². The van der Waals surface area contributed by atoms with Gasteiger partial charge >= 0.3 is 6.16 Å². The fraction of sp³-hybridized carbons (Fsp3) is 0.632. The van der Waals surface area contributed by atoms with E-state index in [2.05, 4.69) is 26.8 Å². The van der Waals surface area contributed by atoms with Crippen molar-refractivity contribution in [3.8, 4) is 5.75 Å². The minimum absolute atomic E-state index is 0.444. The summed E-state index contributed by atoms with van der Waals surface area (Å²) >= 11 is 0. The van der Waals surface area contributed by atoms with Crippen molar-refractivity contribution in [3.05, 3.63) is 29.3 Å². The van der Waals surface area contributed by atoms with E-state index in [9.17, 15) is 4.79 Å². The fourth-order valence-corrected chi connectivity index (χ4v) is 2.60. The number of hydrogen-bond donors (Lipinski definition) is 0. The molecule has 0 heterocycles. The molecular formula is C19H30O3. The molecule has 3 heteroatoms. The largest absolute Gasteiger partial charge is 0.513 e. The topological polar surface area (TPSA) is 35.5 Å². The zero-order valence-electron chi connectivity index (χ0n) is 14.3. The molecule has 124 valence electrons. The Morgan fingerprint density at radius 1 is 0.955 bits per heavy atom. The molecule has 0 saturated heterocycles. The van der Waals surface area contributed by atoms with Gasteiger partial charge in [0.2, 0.25) is 0 Å². The first kappa shape index (κ1) is 18.5. The first-order valence-corrected chi connectivity index (χ1v) is 8.68. The quantitative estimate of drug-likeness (QED) is 0.316. The van der Waals surface area contributed by atoms with Gasteiger partial charge in [0, 0.05) is 0 Å². The van der Waals surface area contributed by atoms with Gasteiger partial charge in [-0.1, -0.05) is 65.0 Å². The molecule has 0 aliphatic rings. The third-order valence-electron chi connectivity index (χ3n) is 3.88. The van der Waals surface area contributed by atoms with Crippen LogP contribution in [0.4, 0.5) is 4.79 Å². The van der Waals surface area contributed by atoms with Gasteiger partial charge in [-0.3, -0.25) is 0 Å². The van der Waals surface area contributed by atoms with Gasteiger partial charge in [0.05, 0.1) is 6.61 Å². The number of aryl methyl sites for hydroxylation is 1. The molecule has 0 aliphatic carbocycles. The van der Waals surface area contributed by atoms with Gasteiger partial charge in [-0.2, -0.15) is 0 Å². The molecule has 0 atom stereocenters. The average Bonchev–Trinajstić information content (AvgIpc) is 2.53. The number of unbranched alkanes of at least 4 members (excludes halogenated alkanes) is 5. The Labute approximate surface area is 135 Å². The van der Waals surface area contributed by atoms with Crippen molar-refractivity contribution in [2.24, 2.45) is 0 Å². The van der Waals surface area contributed by atoms with E-state index in [1.807, 2.05) is 12.1 Å². The summed E-state index contributed by atoms with van der Waals surface area (Å²) in [7, 11) is 0. The Morgan fingerprint density at radius 3 is 2.36 bits per heavy atom. The molecule has 0 amide bonds. The normalized spacial score (nSPS) is 10.5. The lowest BCUT2D eigenvalue weighted by atomic mass is 10.0. The van der Waals surface area contributed by atoms with Crippen LogP contribution in [-0.2, 0) is 17.6 Å². The van der Waals surface area contributed by atoms with E-state index in [0.717, 1.165) is 31.2 Å². The highest BCUT2D eigenvalue weighted by molar-refractivity contribution is 5.64. The minimum Gasteiger partial charge on any atom is -0.434 e. The van der Waals surface area contributed by atoms with Crippen LogP contribution >= 0.6 is 0 Å². The van der Waals surface area contributed by atoms with Crippen molar-refractivity contribution in [3.63, 3.8) is 0 Å². The average molecular weight is 306 g/mol. The van der Waals surface area contributed by atoms with Crippen molar-refractivity contribution in [2.45, 2.75) is 72.1 Å². The number of hydrogen-bond acceptors (Lipinski definition) is 3. The second-order valence-electron chi connectivity index (χ2n) is 5.57. The van der Waals surface area contributed by atoms with Gasteiger partial charge in [-0.15, -0.1) is 0 Å². The van der Waals surface area contributed by atoms with Crippen molar-refractivity contribution in [1.82, 2.24) is 0 Å². The molecule has 0 aromatic heterocycles. The zero-order valence-corrected chi connectivity index (χ0v) is 14.3. The summed E-state index contributed by atoms with van der Waals surface area (Å²) < 4.78 is 10.5. The van der Waals surface area contributed by atoms with E-state index in [1.54, 1.807) is 0 Å². The minimum atomic E-state index is -0.587. The smallest absolute Gasteiger partial charge is 0.434 e. The van der Waals surface area contributed by atoms with E-state index in [-0.39, 0.29) is 0 Å². The molecule has 1 rings (SSSR count). The van der Waals surface area contributed by atoms with Crippen LogP contribution in [0, 0.1) is 0 Å². The summed E-state index contributed by atoms with van der Waals surface area (Å²) in [4.78, 5) is 11.8. The second-order valence-corrected chi connectivity index (χ2v) is 5.57. The Balaban J connectivity index is 2.33. The Kier molecular flexibility index (Phi) is 9.36. The molecule has 3 nitrogen and oxygen atoms in total. The molecule has 1 aromatic carbocycles. The maximum atomic E-state index is 11.8. The van der Waals surface area contributed by atoms with Crippen molar-refractivity contribution in [1.29, 1.82) is 0 Å². The summed E-state index contributed by atoms with van der Waals surface area (Å²) in [5, 5.41) is 0. The predicted octanol–water partition coefficient (Wildman–Crippen LogP) is 5.69. The third kappa shape index (κ3) is 6.50. The molecule has 0 unspecified atom stereocenters. The van der Waals surface area contributed by atoms with Crippen molar-refractivity contribution < 1.29 is 14.3 Å². The summed E-state index contributed by atoms with van der Waals surface area (Å²) in [5.41, 5.74) is 2.32. The predicted molar refractivity (Wildman–Crippen MR) is 90.6 cm³/mol. The van der Waals surface area contributed by atoms with Gasteiger partial charge in [0.1, 0.15) is 5.75 Å².